The molecular formula is C9H6FNOS. The molecule has 1 aliphatic rings. The molecule has 0 spiro atoms. The number of hydrogen-bond donors (Lipinski definition) is 0. The van der Waals surface area contributed by atoms with E-state index < -0.39 is 6.10 Å². The Labute approximate surface area is 80.1 Å². The number of nitrogens with zero attached hydrogens (tertiary/aromatic N) is 1. The van der Waals surface area contributed by atoms with Crippen LogP contribution >= 0.6 is 12.2 Å². The molecule has 1 atom stereocenters. The Morgan fingerprint density at radius 1 is 1.38 bits per heavy atom. The summed E-state index contributed by atoms with van der Waals surface area (Å²) in [6, 6.07) is 6.41. The highest BCUT2D eigenvalue weighted by atomic mass is 32.1. The number of benzene rings is 1. The number of hydrogen-bond acceptors (Lipinski definition) is 2. The molecule has 1 aromatic rings. The fourth-order valence-electron chi connectivity index (χ4n) is 1.15. The molecule has 0 aromatic heterocycles. The van der Waals surface area contributed by atoms with Gasteiger partial charge < -0.3 is 4.74 Å². The molecule has 0 amide bonds. The molecule has 1 aromatic carbocycles. The Morgan fingerprint density at radius 2 is 2.15 bits per heavy atom. The molecule has 0 aliphatic carbocycles. The number of ether oxygens (including phenoxy) is 1. The van der Waals surface area contributed by atoms with Crippen LogP contribution in [-0.2, 0) is 4.74 Å². The van der Waals surface area contributed by atoms with Crippen molar-refractivity contribution >= 4 is 23.6 Å². The van der Waals surface area contributed by atoms with Crippen LogP contribution in [0.15, 0.2) is 29.3 Å². The van der Waals surface area contributed by atoms with Crippen molar-refractivity contribution in [1.29, 1.82) is 0 Å². The van der Waals surface area contributed by atoms with Crippen molar-refractivity contribution < 1.29 is 9.13 Å². The van der Waals surface area contributed by atoms with Gasteiger partial charge in [0, 0.05) is 5.56 Å². The van der Waals surface area contributed by atoms with Crippen molar-refractivity contribution in [3.05, 3.63) is 35.6 Å². The average molecular weight is 195 g/mol. The van der Waals surface area contributed by atoms with Crippen molar-refractivity contribution in [2.45, 2.75) is 6.10 Å². The first kappa shape index (κ1) is 8.31. The maximum absolute atomic E-state index is 13.2. The smallest absolute Gasteiger partial charge is 0.284 e. The standard InChI is InChI=1S/C9H6FNOS/c10-7-4-2-1-3-6(7)8-5-11-9(13)12-8/h1-5,8H. The predicted molar refractivity (Wildman–Crippen MR) is 51.3 cm³/mol. The van der Waals surface area contributed by atoms with Crippen LogP contribution in [0.3, 0.4) is 0 Å². The summed E-state index contributed by atoms with van der Waals surface area (Å²) in [5.41, 5.74) is 0.464. The molecule has 0 saturated heterocycles. The quantitative estimate of drug-likeness (QED) is 0.641. The third kappa shape index (κ3) is 1.58. The summed E-state index contributed by atoms with van der Waals surface area (Å²) in [7, 11) is 0. The first-order valence-corrected chi connectivity index (χ1v) is 4.17. The van der Waals surface area contributed by atoms with Crippen molar-refractivity contribution in [3.8, 4) is 0 Å². The predicted octanol–water partition coefficient (Wildman–Crippen LogP) is 2.25. The zero-order valence-electron chi connectivity index (χ0n) is 6.61. The zero-order valence-corrected chi connectivity index (χ0v) is 7.42. The molecule has 66 valence electrons. The molecule has 1 unspecified atom stereocenters. The minimum Gasteiger partial charge on any atom is -0.455 e. The van der Waals surface area contributed by atoms with Crippen molar-refractivity contribution in [1.82, 2.24) is 0 Å². The third-order valence-electron chi connectivity index (χ3n) is 1.75. The minimum atomic E-state index is -0.464. The number of thiocarbonyl (C=S) groups is 1. The van der Waals surface area contributed by atoms with Gasteiger partial charge in [-0.3, -0.25) is 0 Å². The molecule has 0 radical (unpaired) electrons. The third-order valence-corrected chi connectivity index (χ3v) is 1.96. The Hall–Kier alpha value is -1.29. The summed E-state index contributed by atoms with van der Waals surface area (Å²) < 4.78 is 18.3. The van der Waals surface area contributed by atoms with Crippen LogP contribution in [0.4, 0.5) is 4.39 Å². The van der Waals surface area contributed by atoms with Gasteiger partial charge in [-0.25, -0.2) is 9.38 Å². The van der Waals surface area contributed by atoms with Crippen molar-refractivity contribution in [2.24, 2.45) is 4.99 Å². The highest BCUT2D eigenvalue weighted by Crippen LogP contribution is 2.22. The summed E-state index contributed by atoms with van der Waals surface area (Å²) in [6.45, 7) is 0. The van der Waals surface area contributed by atoms with Gasteiger partial charge >= 0.3 is 0 Å². The highest BCUT2D eigenvalue weighted by molar-refractivity contribution is 7.80. The normalized spacial score (nSPS) is 20.4. The van der Waals surface area contributed by atoms with Gasteiger partial charge in [0.1, 0.15) is 5.82 Å². The first-order chi connectivity index (χ1) is 6.27. The van der Waals surface area contributed by atoms with E-state index in [0.717, 1.165) is 0 Å². The molecule has 1 heterocycles. The maximum atomic E-state index is 13.2. The van der Waals surface area contributed by atoms with Crippen LogP contribution in [0.25, 0.3) is 0 Å². The lowest BCUT2D eigenvalue weighted by molar-refractivity contribution is 0.276. The van der Waals surface area contributed by atoms with Gasteiger partial charge in [-0.15, -0.1) is 0 Å². The topological polar surface area (TPSA) is 21.6 Å². The van der Waals surface area contributed by atoms with Crippen LogP contribution < -0.4 is 0 Å². The van der Waals surface area contributed by atoms with Gasteiger partial charge in [-0.2, -0.15) is 0 Å². The van der Waals surface area contributed by atoms with Crippen LogP contribution in [-0.4, -0.2) is 11.4 Å². The summed E-state index contributed by atoms with van der Waals surface area (Å²) in [6.07, 6.45) is 1.04. The Bertz CT molecular complexity index is 378. The van der Waals surface area contributed by atoms with Crippen LogP contribution in [0.5, 0.6) is 0 Å². The second-order valence-corrected chi connectivity index (χ2v) is 2.95. The van der Waals surface area contributed by atoms with E-state index in [2.05, 4.69) is 4.99 Å². The van der Waals surface area contributed by atoms with E-state index in [9.17, 15) is 4.39 Å². The second kappa shape index (κ2) is 3.22. The van der Waals surface area contributed by atoms with Crippen LogP contribution in [0.1, 0.15) is 11.7 Å². The minimum absolute atomic E-state index is 0.160. The van der Waals surface area contributed by atoms with E-state index >= 15 is 0 Å². The maximum Gasteiger partial charge on any atom is 0.284 e. The second-order valence-electron chi connectivity index (χ2n) is 2.60. The summed E-state index contributed by atoms with van der Waals surface area (Å²) in [5.74, 6) is -0.302. The van der Waals surface area contributed by atoms with Gasteiger partial charge in [0.15, 0.2) is 6.10 Å². The SMILES string of the molecule is Fc1ccccc1C1C=NC(=S)O1. The largest absolute Gasteiger partial charge is 0.455 e. The van der Waals surface area contributed by atoms with Gasteiger partial charge in [-0.1, -0.05) is 18.2 Å². The number of aliphatic imine (C=N–C) groups is 1. The first-order valence-electron chi connectivity index (χ1n) is 3.76. The number of rotatable bonds is 1. The molecule has 1 aliphatic heterocycles. The Kier molecular flexibility index (Phi) is 2.06. The van der Waals surface area contributed by atoms with Crippen molar-refractivity contribution in [2.75, 3.05) is 0 Å². The van der Waals surface area contributed by atoms with E-state index in [-0.39, 0.29) is 11.0 Å². The van der Waals surface area contributed by atoms with E-state index in [1.165, 1.54) is 12.3 Å². The monoisotopic (exact) mass is 195 g/mol. The fraction of sp³-hybridized carbons (Fsp3) is 0.111. The Morgan fingerprint density at radius 3 is 2.77 bits per heavy atom. The summed E-state index contributed by atoms with van der Waals surface area (Å²) >= 11 is 4.70. The molecule has 0 fully saturated rings. The van der Waals surface area contributed by atoms with E-state index in [4.69, 9.17) is 17.0 Å². The lowest BCUT2D eigenvalue weighted by Crippen LogP contribution is -2.03. The van der Waals surface area contributed by atoms with Gasteiger partial charge in [-0.05, 0) is 18.3 Å². The molecule has 2 rings (SSSR count). The number of halogens is 1. The lowest BCUT2D eigenvalue weighted by atomic mass is 10.1. The zero-order chi connectivity index (χ0) is 9.26. The molecule has 0 N–H and O–H groups in total. The van der Waals surface area contributed by atoms with Gasteiger partial charge in [0.25, 0.3) is 5.17 Å². The molecule has 4 heteroatoms. The summed E-state index contributed by atoms with van der Waals surface area (Å²) in [4.78, 5) is 3.75. The van der Waals surface area contributed by atoms with E-state index in [0.29, 0.717) is 5.56 Å². The van der Waals surface area contributed by atoms with E-state index in [1.54, 1.807) is 18.2 Å². The molecule has 2 nitrogen and oxygen atoms in total. The van der Waals surface area contributed by atoms with Gasteiger partial charge in [0.05, 0.1) is 6.21 Å². The van der Waals surface area contributed by atoms with Crippen molar-refractivity contribution in [3.63, 3.8) is 0 Å². The fourth-order valence-corrected chi connectivity index (χ4v) is 1.31. The van der Waals surface area contributed by atoms with E-state index in [1.807, 2.05) is 0 Å². The van der Waals surface area contributed by atoms with Gasteiger partial charge in [0.2, 0.25) is 0 Å². The van der Waals surface area contributed by atoms with Crippen LogP contribution in [0.2, 0.25) is 0 Å². The highest BCUT2D eigenvalue weighted by Gasteiger charge is 2.20. The molecule has 0 saturated carbocycles. The average Bonchev–Trinajstić information content (AvgIpc) is 2.53. The summed E-state index contributed by atoms with van der Waals surface area (Å²) in [5, 5.41) is 0.160. The van der Waals surface area contributed by atoms with Crippen LogP contribution in [0, 0.1) is 5.82 Å². The molecule has 13 heavy (non-hydrogen) atoms. The molecule has 0 bridgehead atoms. The Balaban J connectivity index is 2.32. The molecular weight excluding hydrogens is 189 g/mol. The lowest BCUT2D eigenvalue weighted by Gasteiger charge is -2.08.